The van der Waals surface area contributed by atoms with Crippen LogP contribution in [0.25, 0.3) is 0 Å². The number of amides is 3. The van der Waals surface area contributed by atoms with Crippen LogP contribution in [0.4, 0.5) is 5.69 Å². The van der Waals surface area contributed by atoms with Crippen molar-refractivity contribution in [3.63, 3.8) is 0 Å². The Kier molecular flexibility index (Phi) is 6.46. The van der Waals surface area contributed by atoms with Gasteiger partial charge in [-0.15, -0.1) is 11.8 Å². The van der Waals surface area contributed by atoms with Crippen LogP contribution in [0.15, 0.2) is 65.6 Å². The van der Waals surface area contributed by atoms with E-state index >= 15 is 0 Å². The third-order valence-electron chi connectivity index (χ3n) is 4.17. The Morgan fingerprint density at radius 1 is 0.966 bits per heavy atom. The molecule has 3 amide bonds. The number of benzene rings is 2. The number of carbonyl (C=O) groups excluding carboxylic acids is 3. The number of nitrogens with one attached hydrogen (secondary N) is 1. The molecule has 2 aromatic carbocycles. The van der Waals surface area contributed by atoms with Gasteiger partial charge < -0.3 is 10.4 Å². The van der Waals surface area contributed by atoms with E-state index < -0.39 is 11.9 Å². The Hall–Kier alpha value is -3.39. The molecule has 0 bridgehead atoms. The largest absolute Gasteiger partial charge is 0.478 e. The van der Waals surface area contributed by atoms with E-state index in [1.807, 2.05) is 12.1 Å². The lowest BCUT2D eigenvalue weighted by atomic mass is 10.1. The number of fused-ring (bicyclic) bond motifs is 1. The number of hydrogen-bond acceptors (Lipinski definition) is 5. The highest BCUT2D eigenvalue weighted by atomic mass is 32.2. The number of carboxylic acid groups (broad SMARTS) is 1. The van der Waals surface area contributed by atoms with Crippen LogP contribution < -0.4 is 5.32 Å². The molecule has 1 aliphatic rings. The minimum absolute atomic E-state index is 0.243. The summed E-state index contributed by atoms with van der Waals surface area (Å²) in [5.74, 6) is -1.47. The zero-order valence-corrected chi connectivity index (χ0v) is 16.1. The Bertz CT molecular complexity index is 950. The molecule has 0 aliphatic carbocycles. The Balaban J connectivity index is 1.44. The van der Waals surface area contributed by atoms with Crippen molar-refractivity contribution in [2.75, 3.05) is 17.6 Å². The third kappa shape index (κ3) is 5.11. The van der Waals surface area contributed by atoms with E-state index in [0.29, 0.717) is 29.8 Å². The molecule has 1 heterocycles. The first-order valence-corrected chi connectivity index (χ1v) is 9.84. The Morgan fingerprint density at radius 3 is 2.17 bits per heavy atom. The quantitative estimate of drug-likeness (QED) is 0.300. The van der Waals surface area contributed by atoms with Gasteiger partial charge in [0.05, 0.1) is 11.1 Å². The maximum Gasteiger partial charge on any atom is 0.328 e. The van der Waals surface area contributed by atoms with Crippen LogP contribution in [-0.4, -0.2) is 46.0 Å². The summed E-state index contributed by atoms with van der Waals surface area (Å²) in [7, 11) is 0. The maximum absolute atomic E-state index is 12.3. The lowest BCUT2D eigenvalue weighted by Crippen LogP contribution is -2.30. The summed E-state index contributed by atoms with van der Waals surface area (Å²) >= 11 is 1.58. The molecule has 148 valence electrons. The van der Waals surface area contributed by atoms with Crippen molar-refractivity contribution in [3.05, 3.63) is 71.8 Å². The van der Waals surface area contributed by atoms with Gasteiger partial charge in [-0.1, -0.05) is 12.1 Å². The van der Waals surface area contributed by atoms with Gasteiger partial charge in [0, 0.05) is 29.3 Å². The van der Waals surface area contributed by atoms with Crippen molar-refractivity contribution >= 4 is 41.1 Å². The molecule has 2 N–H and O–H groups in total. The molecule has 29 heavy (non-hydrogen) atoms. The highest BCUT2D eigenvalue weighted by Crippen LogP contribution is 2.24. The van der Waals surface area contributed by atoms with Crippen molar-refractivity contribution in [1.29, 1.82) is 0 Å². The maximum atomic E-state index is 12.3. The van der Waals surface area contributed by atoms with Crippen molar-refractivity contribution in [1.82, 2.24) is 4.90 Å². The molecule has 0 unspecified atom stereocenters. The molecule has 0 atom stereocenters. The topological polar surface area (TPSA) is 104 Å². The minimum Gasteiger partial charge on any atom is -0.478 e. The van der Waals surface area contributed by atoms with Gasteiger partial charge >= 0.3 is 5.97 Å². The number of anilines is 1. The molecule has 1 aliphatic heterocycles. The second-order valence-corrected chi connectivity index (χ2v) is 7.36. The Labute approximate surface area is 171 Å². The number of rotatable bonds is 8. The highest BCUT2D eigenvalue weighted by molar-refractivity contribution is 7.99. The number of thioether (sulfide) groups is 1. The van der Waals surface area contributed by atoms with Crippen LogP contribution in [0.2, 0.25) is 0 Å². The molecule has 0 fully saturated rings. The van der Waals surface area contributed by atoms with E-state index in [-0.39, 0.29) is 11.8 Å². The van der Waals surface area contributed by atoms with E-state index in [4.69, 9.17) is 5.11 Å². The summed E-state index contributed by atoms with van der Waals surface area (Å²) in [5, 5.41) is 11.1. The van der Waals surface area contributed by atoms with Crippen molar-refractivity contribution in [2.24, 2.45) is 0 Å². The van der Waals surface area contributed by atoms with E-state index in [1.165, 1.54) is 4.90 Å². The van der Waals surface area contributed by atoms with E-state index in [2.05, 4.69) is 5.32 Å². The van der Waals surface area contributed by atoms with Gasteiger partial charge in [0.1, 0.15) is 0 Å². The molecule has 8 heteroatoms. The SMILES string of the molecule is O=C(O)/C=C/C(=O)Nc1ccc(SCCCN2C(=O)c3ccccc3C2=O)cc1. The van der Waals surface area contributed by atoms with Crippen molar-refractivity contribution < 1.29 is 24.3 Å². The van der Waals surface area contributed by atoms with Gasteiger partial charge in [0.25, 0.3) is 11.8 Å². The second-order valence-electron chi connectivity index (χ2n) is 6.19. The molecule has 0 radical (unpaired) electrons. The average molecular weight is 410 g/mol. The summed E-state index contributed by atoms with van der Waals surface area (Å²) in [5.41, 5.74) is 1.47. The molecule has 2 aromatic rings. The van der Waals surface area contributed by atoms with Crippen LogP contribution in [0.5, 0.6) is 0 Å². The predicted molar refractivity (Wildman–Crippen MR) is 109 cm³/mol. The van der Waals surface area contributed by atoms with E-state index in [1.54, 1.807) is 48.2 Å². The third-order valence-corrected chi connectivity index (χ3v) is 5.27. The normalized spacial score (nSPS) is 13.0. The molecule has 3 rings (SSSR count). The van der Waals surface area contributed by atoms with Crippen LogP contribution in [0.3, 0.4) is 0 Å². The van der Waals surface area contributed by atoms with Crippen LogP contribution >= 0.6 is 11.8 Å². The van der Waals surface area contributed by atoms with Crippen molar-refractivity contribution in [3.8, 4) is 0 Å². The van der Waals surface area contributed by atoms with Gasteiger partial charge in [0.2, 0.25) is 5.91 Å². The minimum atomic E-state index is -1.19. The van der Waals surface area contributed by atoms with Gasteiger partial charge in [-0.3, -0.25) is 19.3 Å². The first-order valence-electron chi connectivity index (χ1n) is 8.86. The molecule has 0 saturated carbocycles. The summed E-state index contributed by atoms with van der Waals surface area (Å²) < 4.78 is 0. The standard InChI is InChI=1S/C21H18N2O5S/c24-18(10-11-19(25)26)22-14-6-8-15(9-7-14)29-13-3-12-23-20(27)16-4-1-2-5-17(16)21(23)28/h1-2,4-11H,3,12-13H2,(H,22,24)(H,25,26)/b11-10+. The molecule has 0 spiro atoms. The second kappa shape index (κ2) is 9.20. The fourth-order valence-corrected chi connectivity index (χ4v) is 3.66. The summed E-state index contributed by atoms with van der Waals surface area (Å²) in [6, 6.07) is 13.9. The number of nitrogens with zero attached hydrogens (tertiary/aromatic N) is 1. The van der Waals surface area contributed by atoms with E-state index in [9.17, 15) is 19.2 Å². The predicted octanol–water partition coefficient (Wildman–Crippen LogP) is 3.04. The van der Waals surface area contributed by atoms with Crippen LogP contribution in [-0.2, 0) is 9.59 Å². The molecular weight excluding hydrogens is 392 g/mol. The number of carbonyl (C=O) groups is 4. The fourth-order valence-electron chi connectivity index (χ4n) is 2.82. The average Bonchev–Trinajstić information content (AvgIpc) is 2.96. The number of imide groups is 1. The first-order chi connectivity index (χ1) is 14.0. The lowest BCUT2D eigenvalue weighted by molar-refractivity contribution is -0.131. The van der Waals surface area contributed by atoms with Gasteiger partial charge in [-0.2, -0.15) is 0 Å². The molecule has 0 aromatic heterocycles. The molecule has 7 nitrogen and oxygen atoms in total. The zero-order chi connectivity index (χ0) is 20.8. The number of aliphatic carboxylic acids is 1. The number of hydrogen-bond donors (Lipinski definition) is 2. The number of carboxylic acids is 1. The summed E-state index contributed by atoms with van der Waals surface area (Å²) in [6.07, 6.45) is 2.38. The van der Waals surface area contributed by atoms with Crippen molar-refractivity contribution in [2.45, 2.75) is 11.3 Å². The summed E-state index contributed by atoms with van der Waals surface area (Å²) in [6.45, 7) is 0.364. The monoisotopic (exact) mass is 410 g/mol. The van der Waals surface area contributed by atoms with Gasteiger partial charge in [0.15, 0.2) is 0 Å². The summed E-state index contributed by atoms with van der Waals surface area (Å²) in [4.78, 5) is 48.8. The Morgan fingerprint density at radius 2 is 1.59 bits per heavy atom. The zero-order valence-electron chi connectivity index (χ0n) is 15.3. The highest BCUT2D eigenvalue weighted by Gasteiger charge is 2.34. The van der Waals surface area contributed by atoms with Crippen LogP contribution in [0, 0.1) is 0 Å². The van der Waals surface area contributed by atoms with Gasteiger partial charge in [-0.05, 0) is 48.6 Å². The van der Waals surface area contributed by atoms with Crippen LogP contribution in [0.1, 0.15) is 27.1 Å². The lowest BCUT2D eigenvalue weighted by Gasteiger charge is -2.13. The van der Waals surface area contributed by atoms with Gasteiger partial charge in [-0.25, -0.2) is 4.79 Å². The smallest absolute Gasteiger partial charge is 0.328 e. The first kappa shape index (κ1) is 20.3. The molecular formula is C21H18N2O5S. The van der Waals surface area contributed by atoms with E-state index in [0.717, 1.165) is 22.8 Å². The molecule has 0 saturated heterocycles. The fraction of sp³-hybridized carbons (Fsp3) is 0.143.